The molecule has 0 bridgehead atoms. The van der Waals surface area contributed by atoms with Crippen LogP contribution in [0.1, 0.15) is 24.6 Å². The van der Waals surface area contributed by atoms with Crippen molar-refractivity contribution in [2.45, 2.75) is 31.8 Å². The molecule has 1 aromatic heterocycles. The lowest BCUT2D eigenvalue weighted by Crippen LogP contribution is -2.56. The van der Waals surface area contributed by atoms with Crippen molar-refractivity contribution in [1.82, 2.24) is 10.6 Å². The monoisotopic (exact) mass is 346 g/mol. The summed E-state index contributed by atoms with van der Waals surface area (Å²) in [6, 6.07) is 1.46. The summed E-state index contributed by atoms with van der Waals surface area (Å²) in [5.74, 6) is -0.952. The van der Waals surface area contributed by atoms with E-state index in [1.807, 2.05) is 11.4 Å². The molecule has 0 spiro atoms. The lowest BCUT2D eigenvalue weighted by molar-refractivity contribution is -0.144. The molecule has 0 radical (unpaired) electrons. The number of carboxylic acids is 1. The number of carbonyl (C=O) groups is 2. The average Bonchev–Trinajstić information content (AvgIpc) is 3.11. The summed E-state index contributed by atoms with van der Waals surface area (Å²) in [5.41, 5.74) is -1.17. The summed E-state index contributed by atoms with van der Waals surface area (Å²) in [6.45, 7) is 1.94. The van der Waals surface area contributed by atoms with Gasteiger partial charge in [-0.2, -0.15) is 0 Å². The van der Waals surface area contributed by atoms with Crippen molar-refractivity contribution in [3.05, 3.63) is 20.8 Å². The van der Waals surface area contributed by atoms with Crippen molar-refractivity contribution in [2.75, 3.05) is 0 Å². The number of carbonyl (C=O) groups excluding carboxylic acids is 1. The van der Waals surface area contributed by atoms with Crippen LogP contribution in [0.3, 0.4) is 0 Å². The Morgan fingerprint density at radius 2 is 2.26 bits per heavy atom. The second kappa shape index (κ2) is 5.50. The van der Waals surface area contributed by atoms with E-state index in [-0.39, 0.29) is 5.92 Å². The second-order valence-electron chi connectivity index (χ2n) is 4.78. The van der Waals surface area contributed by atoms with E-state index in [0.717, 1.165) is 22.2 Å². The zero-order valence-electron chi connectivity index (χ0n) is 10.4. The summed E-state index contributed by atoms with van der Waals surface area (Å²) >= 11 is 4.91. The minimum absolute atomic E-state index is 0.0317. The van der Waals surface area contributed by atoms with Crippen LogP contribution in [-0.4, -0.2) is 22.6 Å². The highest BCUT2D eigenvalue weighted by Crippen LogP contribution is 2.39. The number of amides is 2. The van der Waals surface area contributed by atoms with Gasteiger partial charge in [0.2, 0.25) is 0 Å². The first-order valence-electron chi connectivity index (χ1n) is 5.94. The predicted molar refractivity (Wildman–Crippen MR) is 76.2 cm³/mol. The molecule has 19 heavy (non-hydrogen) atoms. The van der Waals surface area contributed by atoms with E-state index in [4.69, 9.17) is 0 Å². The van der Waals surface area contributed by atoms with Crippen molar-refractivity contribution in [3.8, 4) is 0 Å². The molecule has 5 nitrogen and oxygen atoms in total. The number of carboxylic acid groups (broad SMARTS) is 1. The predicted octanol–water partition coefficient (Wildman–Crippen LogP) is 2.56. The highest BCUT2D eigenvalue weighted by atomic mass is 79.9. The number of thiophene rings is 1. The molecule has 104 valence electrons. The lowest BCUT2D eigenvalue weighted by Gasteiger charge is -2.26. The molecule has 1 aliphatic carbocycles. The van der Waals surface area contributed by atoms with Gasteiger partial charge < -0.3 is 15.7 Å². The summed E-state index contributed by atoms with van der Waals surface area (Å²) < 4.78 is 0.945. The molecule has 1 fully saturated rings. The number of hydrogen-bond donors (Lipinski definition) is 3. The van der Waals surface area contributed by atoms with Crippen molar-refractivity contribution < 1.29 is 14.7 Å². The lowest BCUT2D eigenvalue weighted by atomic mass is 9.96. The quantitative estimate of drug-likeness (QED) is 0.766. The third-order valence-electron chi connectivity index (χ3n) is 3.31. The highest BCUT2D eigenvalue weighted by molar-refractivity contribution is 9.10. The first-order chi connectivity index (χ1) is 8.93. The van der Waals surface area contributed by atoms with Gasteiger partial charge in [-0.15, -0.1) is 11.3 Å². The summed E-state index contributed by atoms with van der Waals surface area (Å²) in [5, 5.41) is 16.4. The van der Waals surface area contributed by atoms with Crippen LogP contribution >= 0.6 is 27.3 Å². The van der Waals surface area contributed by atoms with Gasteiger partial charge >= 0.3 is 12.0 Å². The molecule has 1 atom stereocenters. The highest BCUT2D eigenvalue weighted by Gasteiger charge is 2.48. The van der Waals surface area contributed by atoms with Gasteiger partial charge in [0.25, 0.3) is 0 Å². The Morgan fingerprint density at radius 3 is 2.74 bits per heavy atom. The molecule has 1 heterocycles. The second-order valence-corrected chi connectivity index (χ2v) is 6.64. The molecular formula is C12H15BrN2O3S. The van der Waals surface area contributed by atoms with E-state index in [9.17, 15) is 14.7 Å². The zero-order valence-corrected chi connectivity index (χ0v) is 12.8. The van der Waals surface area contributed by atoms with Crippen molar-refractivity contribution in [1.29, 1.82) is 0 Å². The van der Waals surface area contributed by atoms with Crippen LogP contribution in [0, 0.1) is 5.92 Å². The van der Waals surface area contributed by atoms with Crippen LogP contribution in [-0.2, 0) is 11.3 Å². The van der Waals surface area contributed by atoms with Crippen molar-refractivity contribution >= 4 is 39.3 Å². The summed E-state index contributed by atoms with van der Waals surface area (Å²) in [4.78, 5) is 24.1. The number of urea groups is 1. The van der Waals surface area contributed by atoms with Gasteiger partial charge in [0.15, 0.2) is 0 Å². The number of nitrogens with one attached hydrogen (secondary N) is 2. The SMILES string of the molecule is CC(NC(=O)NCc1sccc1Br)(C(=O)O)C1CC1. The van der Waals surface area contributed by atoms with E-state index in [1.165, 1.54) is 11.3 Å². The van der Waals surface area contributed by atoms with Crippen LogP contribution in [0.25, 0.3) is 0 Å². The summed E-state index contributed by atoms with van der Waals surface area (Å²) in [7, 11) is 0. The van der Waals surface area contributed by atoms with Gasteiger partial charge in [-0.1, -0.05) is 0 Å². The maximum Gasteiger partial charge on any atom is 0.329 e. The molecule has 3 N–H and O–H groups in total. The third kappa shape index (κ3) is 3.27. The Labute approximate surface area is 123 Å². The molecule has 0 saturated heterocycles. The fourth-order valence-electron chi connectivity index (χ4n) is 1.88. The largest absolute Gasteiger partial charge is 0.480 e. The van der Waals surface area contributed by atoms with Crippen molar-refractivity contribution in [3.63, 3.8) is 0 Å². The van der Waals surface area contributed by atoms with E-state index in [0.29, 0.717) is 6.54 Å². The fourth-order valence-corrected chi connectivity index (χ4v) is 3.31. The van der Waals surface area contributed by atoms with E-state index in [2.05, 4.69) is 26.6 Å². The van der Waals surface area contributed by atoms with Gasteiger partial charge in [-0.3, -0.25) is 0 Å². The Hall–Kier alpha value is -1.08. The molecule has 2 rings (SSSR count). The van der Waals surface area contributed by atoms with Crippen LogP contribution in [0.4, 0.5) is 4.79 Å². The van der Waals surface area contributed by atoms with Crippen LogP contribution in [0.2, 0.25) is 0 Å². The molecule has 0 aliphatic heterocycles. The van der Waals surface area contributed by atoms with Gasteiger partial charge in [0, 0.05) is 9.35 Å². The minimum Gasteiger partial charge on any atom is -0.480 e. The molecule has 1 unspecified atom stereocenters. The standard InChI is InChI=1S/C12H15BrN2O3S/c1-12(10(16)17,7-2-3-7)15-11(18)14-6-9-8(13)4-5-19-9/h4-5,7H,2-3,6H2,1H3,(H,16,17)(H2,14,15,18). The van der Waals surface area contributed by atoms with E-state index in [1.54, 1.807) is 6.92 Å². The maximum atomic E-state index is 11.8. The Bertz CT molecular complexity index is 501. The normalized spacial score (nSPS) is 17.6. The smallest absolute Gasteiger partial charge is 0.329 e. The Kier molecular flexibility index (Phi) is 4.15. The Morgan fingerprint density at radius 1 is 1.58 bits per heavy atom. The first-order valence-corrected chi connectivity index (χ1v) is 7.62. The van der Waals surface area contributed by atoms with Crippen LogP contribution < -0.4 is 10.6 Å². The fraction of sp³-hybridized carbons (Fsp3) is 0.500. The molecule has 1 aromatic rings. The maximum absolute atomic E-state index is 11.8. The Balaban J connectivity index is 1.90. The number of halogens is 1. The van der Waals surface area contributed by atoms with Gasteiger partial charge in [0.1, 0.15) is 5.54 Å². The van der Waals surface area contributed by atoms with E-state index >= 15 is 0 Å². The van der Waals surface area contributed by atoms with Crippen LogP contribution in [0.15, 0.2) is 15.9 Å². The minimum atomic E-state index is -1.17. The van der Waals surface area contributed by atoms with Gasteiger partial charge in [-0.25, -0.2) is 9.59 Å². The van der Waals surface area contributed by atoms with Gasteiger partial charge in [-0.05, 0) is 53.1 Å². The van der Waals surface area contributed by atoms with E-state index < -0.39 is 17.5 Å². The van der Waals surface area contributed by atoms with Crippen molar-refractivity contribution in [2.24, 2.45) is 5.92 Å². The molecule has 2 amide bonds. The molecule has 0 aromatic carbocycles. The first kappa shape index (κ1) is 14.3. The van der Waals surface area contributed by atoms with Crippen LogP contribution in [0.5, 0.6) is 0 Å². The van der Waals surface area contributed by atoms with Gasteiger partial charge in [0.05, 0.1) is 6.54 Å². The molecular weight excluding hydrogens is 332 g/mol. The third-order valence-corrected chi connectivity index (χ3v) is 5.24. The molecule has 7 heteroatoms. The molecule has 1 saturated carbocycles. The average molecular weight is 347 g/mol. The topological polar surface area (TPSA) is 78.4 Å². The number of hydrogen-bond acceptors (Lipinski definition) is 3. The number of rotatable bonds is 5. The molecule has 1 aliphatic rings. The summed E-state index contributed by atoms with van der Waals surface area (Å²) in [6.07, 6.45) is 1.69. The number of aliphatic carboxylic acids is 1. The zero-order chi connectivity index (χ0) is 14.0.